The summed E-state index contributed by atoms with van der Waals surface area (Å²) in [5.74, 6) is 2.43. The number of hydrogen-bond donors (Lipinski definition) is 1. The van der Waals surface area contributed by atoms with Crippen molar-refractivity contribution >= 4 is 17.7 Å². The minimum atomic E-state index is -0.00459. The van der Waals surface area contributed by atoms with Crippen LogP contribution in [0.25, 0.3) is 0 Å². The van der Waals surface area contributed by atoms with E-state index in [0.717, 1.165) is 23.6 Å². The molecule has 1 aromatic carbocycles. The molecular weight excluding hydrogens is 296 g/mol. The average Bonchev–Trinajstić information content (AvgIpc) is 2.57. The van der Waals surface area contributed by atoms with Crippen LogP contribution in [0.15, 0.2) is 30.3 Å². The third-order valence-corrected chi connectivity index (χ3v) is 5.48. The summed E-state index contributed by atoms with van der Waals surface area (Å²) in [5.41, 5.74) is 1.15. The van der Waals surface area contributed by atoms with Crippen molar-refractivity contribution in [2.24, 2.45) is 0 Å². The van der Waals surface area contributed by atoms with Crippen LogP contribution in [-0.2, 0) is 9.53 Å². The molecule has 2 fully saturated rings. The zero-order valence-electron chi connectivity index (χ0n) is 13.0. The normalized spacial score (nSPS) is 29.3. The van der Waals surface area contributed by atoms with Crippen molar-refractivity contribution in [3.63, 3.8) is 0 Å². The lowest BCUT2D eigenvalue weighted by Gasteiger charge is -2.39. The van der Waals surface area contributed by atoms with Crippen LogP contribution in [0.4, 0.5) is 0 Å². The van der Waals surface area contributed by atoms with Crippen molar-refractivity contribution < 1.29 is 9.53 Å². The standard InChI is InChI=1S/C17H24N2O2S/c1-13-11-21-16(14-5-3-2-4-6-14)10-19(13)17(20)9-15-12-22-8-7-18-15/h2-6,13,15-16,18H,7-12H2,1H3/t13-,15+,16+/m1/s1. The first-order valence-electron chi connectivity index (χ1n) is 8.01. The smallest absolute Gasteiger partial charge is 0.224 e. The minimum Gasteiger partial charge on any atom is -0.370 e. The molecule has 0 saturated carbocycles. The van der Waals surface area contributed by atoms with Gasteiger partial charge in [0.15, 0.2) is 0 Å². The second-order valence-corrected chi connectivity index (χ2v) is 7.21. The molecule has 5 heteroatoms. The first-order chi connectivity index (χ1) is 10.7. The van der Waals surface area contributed by atoms with Gasteiger partial charge in [-0.15, -0.1) is 0 Å². The lowest BCUT2D eigenvalue weighted by molar-refractivity contribution is -0.144. The summed E-state index contributed by atoms with van der Waals surface area (Å²) in [6.45, 7) is 4.35. The molecule has 1 amide bonds. The van der Waals surface area contributed by atoms with Crippen LogP contribution in [0.2, 0.25) is 0 Å². The molecule has 22 heavy (non-hydrogen) atoms. The van der Waals surface area contributed by atoms with Gasteiger partial charge in [0.1, 0.15) is 6.10 Å². The number of hydrogen-bond acceptors (Lipinski definition) is 4. The maximum atomic E-state index is 12.7. The molecule has 120 valence electrons. The lowest BCUT2D eigenvalue weighted by atomic mass is 10.1. The SMILES string of the molecule is C[C@@H]1CO[C@H](c2ccccc2)CN1C(=O)C[C@H]1CSCCN1. The molecule has 1 aromatic rings. The van der Waals surface area contributed by atoms with Crippen LogP contribution in [-0.4, -0.2) is 54.1 Å². The number of rotatable bonds is 3. The molecule has 2 aliphatic heterocycles. The van der Waals surface area contributed by atoms with Crippen LogP contribution < -0.4 is 5.32 Å². The van der Waals surface area contributed by atoms with Gasteiger partial charge in [-0.2, -0.15) is 11.8 Å². The van der Waals surface area contributed by atoms with E-state index >= 15 is 0 Å². The minimum absolute atomic E-state index is 0.00459. The summed E-state index contributed by atoms with van der Waals surface area (Å²) in [6.07, 6.45) is 0.591. The fourth-order valence-electron chi connectivity index (χ4n) is 3.05. The fourth-order valence-corrected chi connectivity index (χ4v) is 4.00. The topological polar surface area (TPSA) is 41.6 Å². The highest BCUT2D eigenvalue weighted by Crippen LogP contribution is 2.25. The van der Waals surface area contributed by atoms with E-state index in [1.54, 1.807) is 0 Å². The Morgan fingerprint density at radius 3 is 2.95 bits per heavy atom. The monoisotopic (exact) mass is 320 g/mol. The number of carbonyl (C=O) groups excluding carboxylic acids is 1. The van der Waals surface area contributed by atoms with Crippen molar-refractivity contribution in [3.8, 4) is 0 Å². The van der Waals surface area contributed by atoms with E-state index < -0.39 is 0 Å². The van der Waals surface area contributed by atoms with Crippen LogP contribution in [0, 0.1) is 0 Å². The summed E-state index contributed by atoms with van der Waals surface area (Å²) in [5, 5.41) is 3.45. The van der Waals surface area contributed by atoms with Gasteiger partial charge in [-0.05, 0) is 12.5 Å². The molecule has 0 spiro atoms. The second kappa shape index (κ2) is 7.49. The zero-order valence-corrected chi connectivity index (χ0v) is 13.8. The highest BCUT2D eigenvalue weighted by Gasteiger charge is 2.31. The van der Waals surface area contributed by atoms with Crippen LogP contribution in [0.1, 0.15) is 25.0 Å². The molecule has 0 bridgehead atoms. The highest BCUT2D eigenvalue weighted by atomic mass is 32.2. The van der Waals surface area contributed by atoms with E-state index in [-0.39, 0.29) is 18.1 Å². The first kappa shape index (κ1) is 15.8. The molecule has 0 aliphatic carbocycles. The quantitative estimate of drug-likeness (QED) is 0.926. The van der Waals surface area contributed by atoms with Gasteiger partial charge < -0.3 is 15.0 Å². The second-order valence-electron chi connectivity index (χ2n) is 6.06. The van der Waals surface area contributed by atoms with Crippen LogP contribution in [0.3, 0.4) is 0 Å². The molecule has 2 saturated heterocycles. The summed E-state index contributed by atoms with van der Waals surface area (Å²) < 4.78 is 5.93. The molecule has 0 unspecified atom stereocenters. The molecule has 3 rings (SSSR count). The fraction of sp³-hybridized carbons (Fsp3) is 0.588. The molecule has 1 N–H and O–H groups in total. The Balaban J connectivity index is 1.62. The predicted molar refractivity (Wildman–Crippen MR) is 90.0 cm³/mol. The molecule has 4 nitrogen and oxygen atoms in total. The third kappa shape index (κ3) is 3.83. The zero-order chi connectivity index (χ0) is 15.4. The lowest BCUT2D eigenvalue weighted by Crippen LogP contribution is -2.50. The molecule has 2 heterocycles. The predicted octanol–water partition coefficient (Wildman–Crippen LogP) is 2.07. The van der Waals surface area contributed by atoms with Crippen molar-refractivity contribution in [1.29, 1.82) is 0 Å². The molecular formula is C17H24N2O2S. The van der Waals surface area contributed by atoms with E-state index in [9.17, 15) is 4.79 Å². The summed E-state index contributed by atoms with van der Waals surface area (Å²) >= 11 is 1.93. The van der Waals surface area contributed by atoms with Gasteiger partial charge >= 0.3 is 0 Å². The number of nitrogens with one attached hydrogen (secondary N) is 1. The number of morpholine rings is 1. The van der Waals surface area contributed by atoms with E-state index in [2.05, 4.69) is 24.4 Å². The summed E-state index contributed by atoms with van der Waals surface area (Å²) in [4.78, 5) is 14.7. The van der Waals surface area contributed by atoms with Gasteiger partial charge in [-0.3, -0.25) is 4.79 Å². The van der Waals surface area contributed by atoms with Gasteiger partial charge in [0, 0.05) is 30.5 Å². The summed E-state index contributed by atoms with van der Waals surface area (Å²) in [7, 11) is 0. The number of amides is 1. The van der Waals surface area contributed by atoms with Gasteiger partial charge in [0.2, 0.25) is 5.91 Å². The van der Waals surface area contributed by atoms with Crippen LogP contribution >= 0.6 is 11.8 Å². The van der Waals surface area contributed by atoms with Gasteiger partial charge in [-0.1, -0.05) is 30.3 Å². The molecule has 0 radical (unpaired) electrons. The van der Waals surface area contributed by atoms with E-state index in [4.69, 9.17) is 4.74 Å². The Kier molecular flexibility index (Phi) is 5.39. The number of nitrogens with zero attached hydrogens (tertiary/aromatic N) is 1. The van der Waals surface area contributed by atoms with Gasteiger partial charge in [-0.25, -0.2) is 0 Å². The largest absolute Gasteiger partial charge is 0.370 e. The van der Waals surface area contributed by atoms with Crippen molar-refractivity contribution in [1.82, 2.24) is 10.2 Å². The number of ether oxygens (including phenoxy) is 1. The number of carbonyl (C=O) groups is 1. The Bertz CT molecular complexity index is 491. The maximum absolute atomic E-state index is 12.7. The van der Waals surface area contributed by atoms with E-state index in [1.807, 2.05) is 34.9 Å². The Morgan fingerprint density at radius 2 is 2.23 bits per heavy atom. The first-order valence-corrected chi connectivity index (χ1v) is 9.16. The molecule has 2 aliphatic rings. The number of thioether (sulfide) groups is 1. The number of benzene rings is 1. The highest BCUT2D eigenvalue weighted by molar-refractivity contribution is 7.99. The van der Waals surface area contributed by atoms with E-state index in [1.165, 1.54) is 0 Å². The van der Waals surface area contributed by atoms with E-state index in [0.29, 0.717) is 25.6 Å². The summed E-state index contributed by atoms with van der Waals surface area (Å²) in [6, 6.07) is 10.7. The maximum Gasteiger partial charge on any atom is 0.224 e. The van der Waals surface area contributed by atoms with Gasteiger partial charge in [0.25, 0.3) is 0 Å². The van der Waals surface area contributed by atoms with Crippen molar-refractivity contribution in [2.45, 2.75) is 31.5 Å². The molecule has 3 atom stereocenters. The molecule has 0 aromatic heterocycles. The van der Waals surface area contributed by atoms with Crippen molar-refractivity contribution in [3.05, 3.63) is 35.9 Å². The Hall–Kier alpha value is -1.04. The van der Waals surface area contributed by atoms with Crippen molar-refractivity contribution in [2.75, 3.05) is 31.2 Å². The van der Waals surface area contributed by atoms with Crippen LogP contribution in [0.5, 0.6) is 0 Å². The Labute approximate surface area is 136 Å². The van der Waals surface area contributed by atoms with Gasteiger partial charge in [0.05, 0.1) is 19.2 Å². The Morgan fingerprint density at radius 1 is 1.41 bits per heavy atom. The third-order valence-electron chi connectivity index (χ3n) is 4.34. The average molecular weight is 320 g/mol.